The zero-order valence-electron chi connectivity index (χ0n) is 12.3. The van der Waals surface area contributed by atoms with E-state index in [0.717, 1.165) is 16.7 Å². The Morgan fingerprint density at radius 2 is 1.89 bits per heavy atom. The second kappa shape index (κ2) is 5.76. The molecular formula is C16H24N2O. The fourth-order valence-electron chi connectivity index (χ4n) is 2.40. The SMILES string of the molecule is CC(C)C(C)N(C)C(CN)c1cc2ccccc2o1. The maximum atomic E-state index is 5.96. The average Bonchev–Trinajstić information content (AvgIpc) is 2.81. The van der Waals surface area contributed by atoms with Crippen LogP contribution in [-0.2, 0) is 0 Å². The van der Waals surface area contributed by atoms with Crippen molar-refractivity contribution in [3.8, 4) is 0 Å². The van der Waals surface area contributed by atoms with Crippen molar-refractivity contribution in [1.82, 2.24) is 4.90 Å². The molecule has 3 nitrogen and oxygen atoms in total. The molecule has 1 aromatic carbocycles. The van der Waals surface area contributed by atoms with Gasteiger partial charge in [-0.05, 0) is 32.0 Å². The number of furan rings is 1. The van der Waals surface area contributed by atoms with E-state index in [2.05, 4.69) is 44.9 Å². The summed E-state index contributed by atoms with van der Waals surface area (Å²) in [5, 5.41) is 1.14. The van der Waals surface area contributed by atoms with E-state index in [9.17, 15) is 0 Å². The Balaban J connectivity index is 2.30. The summed E-state index contributed by atoms with van der Waals surface area (Å²) in [4.78, 5) is 2.31. The highest BCUT2D eigenvalue weighted by Gasteiger charge is 2.24. The number of nitrogens with two attached hydrogens (primary N) is 1. The largest absolute Gasteiger partial charge is 0.459 e. The van der Waals surface area contributed by atoms with Crippen LogP contribution in [0.15, 0.2) is 34.7 Å². The van der Waals surface area contributed by atoms with Gasteiger partial charge in [0.2, 0.25) is 0 Å². The maximum Gasteiger partial charge on any atom is 0.134 e. The van der Waals surface area contributed by atoms with Gasteiger partial charge in [-0.1, -0.05) is 32.0 Å². The highest BCUT2D eigenvalue weighted by molar-refractivity contribution is 5.77. The molecule has 2 N–H and O–H groups in total. The van der Waals surface area contributed by atoms with Gasteiger partial charge < -0.3 is 10.2 Å². The number of rotatable bonds is 5. The van der Waals surface area contributed by atoms with Crippen LogP contribution in [0.25, 0.3) is 11.0 Å². The number of fused-ring (bicyclic) bond motifs is 1. The van der Waals surface area contributed by atoms with E-state index in [0.29, 0.717) is 18.5 Å². The molecule has 0 amide bonds. The zero-order valence-corrected chi connectivity index (χ0v) is 12.3. The molecule has 2 aromatic rings. The second-order valence-electron chi connectivity index (χ2n) is 5.59. The van der Waals surface area contributed by atoms with Crippen molar-refractivity contribution in [2.75, 3.05) is 13.6 Å². The molecule has 19 heavy (non-hydrogen) atoms. The van der Waals surface area contributed by atoms with Crippen molar-refractivity contribution >= 4 is 11.0 Å². The van der Waals surface area contributed by atoms with Crippen molar-refractivity contribution < 1.29 is 4.42 Å². The number of para-hydroxylation sites is 1. The summed E-state index contributed by atoms with van der Waals surface area (Å²) >= 11 is 0. The molecule has 3 heteroatoms. The lowest BCUT2D eigenvalue weighted by molar-refractivity contribution is 0.137. The summed E-state index contributed by atoms with van der Waals surface area (Å²) < 4.78 is 5.95. The molecule has 2 atom stereocenters. The predicted octanol–water partition coefficient (Wildman–Crippen LogP) is 3.41. The van der Waals surface area contributed by atoms with Crippen LogP contribution in [0.1, 0.15) is 32.6 Å². The lowest BCUT2D eigenvalue weighted by Gasteiger charge is -2.33. The van der Waals surface area contributed by atoms with E-state index in [1.165, 1.54) is 0 Å². The minimum atomic E-state index is 0.129. The maximum absolute atomic E-state index is 5.96. The van der Waals surface area contributed by atoms with Crippen LogP contribution >= 0.6 is 0 Å². The van der Waals surface area contributed by atoms with Gasteiger partial charge in [0.1, 0.15) is 11.3 Å². The van der Waals surface area contributed by atoms with Gasteiger partial charge in [-0.3, -0.25) is 4.90 Å². The van der Waals surface area contributed by atoms with Gasteiger partial charge in [0, 0.05) is 18.0 Å². The Kier molecular flexibility index (Phi) is 4.27. The monoisotopic (exact) mass is 260 g/mol. The molecule has 0 bridgehead atoms. The summed E-state index contributed by atoms with van der Waals surface area (Å²) in [5.74, 6) is 1.54. The van der Waals surface area contributed by atoms with Crippen LogP contribution in [0.3, 0.4) is 0 Å². The van der Waals surface area contributed by atoms with Crippen LogP contribution in [-0.4, -0.2) is 24.5 Å². The van der Waals surface area contributed by atoms with Gasteiger partial charge in [-0.25, -0.2) is 0 Å². The van der Waals surface area contributed by atoms with E-state index >= 15 is 0 Å². The van der Waals surface area contributed by atoms with E-state index < -0.39 is 0 Å². The minimum absolute atomic E-state index is 0.129. The van der Waals surface area contributed by atoms with Gasteiger partial charge >= 0.3 is 0 Å². The van der Waals surface area contributed by atoms with Gasteiger partial charge in [0.05, 0.1) is 6.04 Å². The Morgan fingerprint density at radius 3 is 2.47 bits per heavy atom. The van der Waals surface area contributed by atoms with Gasteiger partial charge in [-0.2, -0.15) is 0 Å². The summed E-state index contributed by atoms with van der Waals surface area (Å²) in [6.07, 6.45) is 0. The van der Waals surface area contributed by atoms with Crippen LogP contribution in [0, 0.1) is 5.92 Å². The molecule has 1 aromatic heterocycles. The third-order valence-corrected chi connectivity index (χ3v) is 4.10. The number of hydrogen-bond donors (Lipinski definition) is 1. The standard InChI is InChI=1S/C16H24N2O/c1-11(2)12(3)18(4)14(10-17)16-9-13-7-5-6-8-15(13)19-16/h5-9,11-12,14H,10,17H2,1-4H3. The highest BCUT2D eigenvalue weighted by Crippen LogP contribution is 2.28. The number of hydrogen-bond acceptors (Lipinski definition) is 3. The Morgan fingerprint density at radius 1 is 1.21 bits per heavy atom. The average molecular weight is 260 g/mol. The van der Waals surface area contributed by atoms with E-state index in [1.54, 1.807) is 0 Å². The number of likely N-dealkylation sites (N-methyl/N-ethyl adjacent to an activating group) is 1. The normalized spacial score (nSPS) is 15.3. The van der Waals surface area contributed by atoms with E-state index in [1.807, 2.05) is 18.2 Å². The first-order chi connectivity index (χ1) is 9.04. The molecule has 0 radical (unpaired) electrons. The Labute approximate surface area is 115 Å². The van der Waals surface area contributed by atoms with Crippen molar-refractivity contribution in [1.29, 1.82) is 0 Å². The summed E-state index contributed by atoms with van der Waals surface area (Å²) in [7, 11) is 2.12. The lowest BCUT2D eigenvalue weighted by atomic mass is 10.0. The smallest absolute Gasteiger partial charge is 0.134 e. The first-order valence-corrected chi connectivity index (χ1v) is 6.95. The van der Waals surface area contributed by atoms with Crippen molar-refractivity contribution in [2.45, 2.75) is 32.9 Å². The molecule has 0 spiro atoms. The first kappa shape index (κ1) is 14.1. The van der Waals surface area contributed by atoms with Crippen molar-refractivity contribution in [3.05, 3.63) is 36.1 Å². The van der Waals surface area contributed by atoms with Crippen LogP contribution < -0.4 is 5.73 Å². The lowest BCUT2D eigenvalue weighted by Crippen LogP contribution is -2.39. The topological polar surface area (TPSA) is 42.4 Å². The zero-order chi connectivity index (χ0) is 14.0. The Hall–Kier alpha value is -1.32. The number of nitrogens with zero attached hydrogens (tertiary/aromatic N) is 1. The third kappa shape index (κ3) is 2.82. The fourth-order valence-corrected chi connectivity index (χ4v) is 2.40. The molecule has 0 fully saturated rings. The third-order valence-electron chi connectivity index (χ3n) is 4.10. The molecule has 1 heterocycles. The van der Waals surface area contributed by atoms with Crippen molar-refractivity contribution in [2.24, 2.45) is 11.7 Å². The van der Waals surface area contributed by atoms with E-state index in [4.69, 9.17) is 10.2 Å². The summed E-state index contributed by atoms with van der Waals surface area (Å²) in [6, 6.07) is 10.8. The van der Waals surface area contributed by atoms with Gasteiger partial charge in [-0.15, -0.1) is 0 Å². The van der Waals surface area contributed by atoms with Crippen LogP contribution in [0.4, 0.5) is 0 Å². The molecule has 2 rings (SSSR count). The molecule has 2 unspecified atom stereocenters. The summed E-state index contributed by atoms with van der Waals surface area (Å²) in [6.45, 7) is 7.25. The molecule has 0 saturated carbocycles. The minimum Gasteiger partial charge on any atom is -0.459 e. The highest BCUT2D eigenvalue weighted by atomic mass is 16.3. The first-order valence-electron chi connectivity index (χ1n) is 6.95. The van der Waals surface area contributed by atoms with Gasteiger partial charge in [0.15, 0.2) is 0 Å². The second-order valence-corrected chi connectivity index (χ2v) is 5.59. The molecular weight excluding hydrogens is 236 g/mol. The molecule has 104 valence electrons. The van der Waals surface area contributed by atoms with Gasteiger partial charge in [0.25, 0.3) is 0 Å². The predicted molar refractivity (Wildman–Crippen MR) is 80.1 cm³/mol. The molecule has 0 aliphatic heterocycles. The van der Waals surface area contributed by atoms with Crippen molar-refractivity contribution in [3.63, 3.8) is 0 Å². The fraction of sp³-hybridized carbons (Fsp3) is 0.500. The number of benzene rings is 1. The summed E-state index contributed by atoms with van der Waals surface area (Å²) in [5.41, 5.74) is 6.90. The van der Waals surface area contributed by atoms with Crippen LogP contribution in [0.5, 0.6) is 0 Å². The molecule has 0 aliphatic rings. The quantitative estimate of drug-likeness (QED) is 0.895. The van der Waals surface area contributed by atoms with E-state index in [-0.39, 0.29) is 6.04 Å². The Bertz CT molecular complexity index is 499. The molecule has 0 saturated heterocycles. The van der Waals surface area contributed by atoms with Crippen LogP contribution in [0.2, 0.25) is 0 Å². The molecule has 0 aliphatic carbocycles.